The fourth-order valence-electron chi connectivity index (χ4n) is 3.10. The van der Waals surface area contributed by atoms with E-state index in [1.54, 1.807) is 6.07 Å². The second-order valence-corrected chi connectivity index (χ2v) is 7.25. The molecule has 2 aromatic carbocycles. The van der Waals surface area contributed by atoms with Crippen LogP contribution in [-0.4, -0.2) is 24.1 Å². The Morgan fingerprint density at radius 3 is 2.70 bits per heavy atom. The first-order chi connectivity index (χ1) is 13.0. The molecule has 1 amide bonds. The molecule has 1 aliphatic heterocycles. The Labute approximate surface area is 163 Å². The highest BCUT2D eigenvalue weighted by atomic mass is 79.9. The van der Waals surface area contributed by atoms with Gasteiger partial charge in [-0.05, 0) is 42.8 Å². The zero-order valence-electron chi connectivity index (χ0n) is 14.5. The standard InChI is InChI=1S/C20H17BrN2O4/c1-11(12-2-5-17-18(8-12)27-7-6-26-17)22-20(25)15-10-19(24)23-16-4-3-13(21)9-14(15)16/h2-5,8-11H,6-7H2,1H3,(H,22,25)(H,23,24)/t11-/m0/s1. The summed E-state index contributed by atoms with van der Waals surface area (Å²) in [6.45, 7) is 2.92. The molecule has 7 heteroatoms. The van der Waals surface area contributed by atoms with E-state index >= 15 is 0 Å². The van der Waals surface area contributed by atoms with Crippen LogP contribution >= 0.6 is 15.9 Å². The smallest absolute Gasteiger partial charge is 0.252 e. The van der Waals surface area contributed by atoms with Gasteiger partial charge >= 0.3 is 0 Å². The van der Waals surface area contributed by atoms with Gasteiger partial charge in [-0.1, -0.05) is 22.0 Å². The van der Waals surface area contributed by atoms with E-state index < -0.39 is 0 Å². The third-order valence-corrected chi connectivity index (χ3v) is 4.96. The lowest BCUT2D eigenvalue weighted by Crippen LogP contribution is -2.28. The number of hydrogen-bond acceptors (Lipinski definition) is 4. The number of ether oxygens (including phenoxy) is 2. The van der Waals surface area contributed by atoms with E-state index in [-0.39, 0.29) is 17.5 Å². The van der Waals surface area contributed by atoms with Gasteiger partial charge < -0.3 is 19.8 Å². The maximum absolute atomic E-state index is 12.9. The quantitative estimate of drug-likeness (QED) is 0.668. The molecule has 138 valence electrons. The maximum atomic E-state index is 12.9. The van der Waals surface area contributed by atoms with Gasteiger partial charge in [-0.25, -0.2) is 0 Å². The molecule has 0 bridgehead atoms. The van der Waals surface area contributed by atoms with E-state index in [9.17, 15) is 9.59 Å². The van der Waals surface area contributed by atoms with E-state index in [1.807, 2.05) is 37.3 Å². The normalized spacial score (nSPS) is 14.0. The molecule has 1 atom stereocenters. The summed E-state index contributed by atoms with van der Waals surface area (Å²) in [5.41, 5.74) is 1.52. The molecule has 0 saturated heterocycles. The molecule has 0 radical (unpaired) electrons. The zero-order valence-corrected chi connectivity index (χ0v) is 16.1. The van der Waals surface area contributed by atoms with Gasteiger partial charge in [-0.15, -0.1) is 0 Å². The predicted octanol–water partition coefficient (Wildman–Crippen LogP) is 3.55. The van der Waals surface area contributed by atoms with Crippen molar-refractivity contribution in [2.45, 2.75) is 13.0 Å². The zero-order chi connectivity index (χ0) is 19.0. The van der Waals surface area contributed by atoms with Gasteiger partial charge in [0.15, 0.2) is 11.5 Å². The number of aromatic nitrogens is 1. The van der Waals surface area contributed by atoms with Gasteiger partial charge in [0.2, 0.25) is 5.56 Å². The largest absolute Gasteiger partial charge is 0.486 e. The van der Waals surface area contributed by atoms with Crippen molar-refractivity contribution >= 4 is 32.7 Å². The predicted molar refractivity (Wildman–Crippen MR) is 106 cm³/mol. The molecule has 3 aromatic rings. The number of H-pyrrole nitrogens is 1. The maximum Gasteiger partial charge on any atom is 0.252 e. The molecule has 0 unspecified atom stereocenters. The molecule has 2 heterocycles. The third kappa shape index (κ3) is 3.55. The van der Waals surface area contributed by atoms with Crippen molar-refractivity contribution in [3.05, 3.63) is 68.4 Å². The summed E-state index contributed by atoms with van der Waals surface area (Å²) in [6, 6.07) is 12.0. The highest BCUT2D eigenvalue weighted by Crippen LogP contribution is 2.32. The van der Waals surface area contributed by atoms with E-state index in [4.69, 9.17) is 9.47 Å². The van der Waals surface area contributed by atoms with Crippen LogP contribution in [0.5, 0.6) is 11.5 Å². The van der Waals surface area contributed by atoms with Crippen molar-refractivity contribution in [3.8, 4) is 11.5 Å². The minimum absolute atomic E-state index is 0.269. The Hall–Kier alpha value is -2.80. The Morgan fingerprint density at radius 1 is 1.11 bits per heavy atom. The number of nitrogens with one attached hydrogen (secondary N) is 2. The molecule has 27 heavy (non-hydrogen) atoms. The van der Waals surface area contributed by atoms with Crippen molar-refractivity contribution in [2.75, 3.05) is 13.2 Å². The first kappa shape index (κ1) is 17.6. The average molecular weight is 429 g/mol. The van der Waals surface area contributed by atoms with Crippen LogP contribution in [0.25, 0.3) is 10.9 Å². The Morgan fingerprint density at radius 2 is 1.89 bits per heavy atom. The van der Waals surface area contributed by atoms with Crippen molar-refractivity contribution in [1.82, 2.24) is 10.3 Å². The first-order valence-electron chi connectivity index (χ1n) is 8.54. The van der Waals surface area contributed by atoms with Crippen LogP contribution < -0.4 is 20.3 Å². The molecular formula is C20H17BrN2O4. The van der Waals surface area contributed by atoms with Gasteiger partial charge in [0.1, 0.15) is 13.2 Å². The van der Waals surface area contributed by atoms with Crippen molar-refractivity contribution in [2.24, 2.45) is 0 Å². The molecule has 2 N–H and O–H groups in total. The summed E-state index contributed by atoms with van der Waals surface area (Å²) in [6.07, 6.45) is 0. The summed E-state index contributed by atoms with van der Waals surface area (Å²) < 4.78 is 12.0. The van der Waals surface area contributed by atoms with Gasteiger partial charge in [0, 0.05) is 21.4 Å². The summed E-state index contributed by atoms with van der Waals surface area (Å²) in [5, 5.41) is 3.63. The number of carbonyl (C=O) groups is 1. The number of aromatic amines is 1. The van der Waals surface area contributed by atoms with Crippen molar-refractivity contribution in [3.63, 3.8) is 0 Å². The molecule has 1 aliphatic rings. The Kier molecular flexibility index (Phi) is 4.61. The molecule has 0 saturated carbocycles. The first-order valence-corrected chi connectivity index (χ1v) is 9.33. The molecule has 6 nitrogen and oxygen atoms in total. The topological polar surface area (TPSA) is 80.4 Å². The Bertz CT molecular complexity index is 1090. The third-order valence-electron chi connectivity index (χ3n) is 4.46. The van der Waals surface area contributed by atoms with Gasteiger partial charge in [0.25, 0.3) is 5.91 Å². The van der Waals surface area contributed by atoms with Crippen LogP contribution in [0.15, 0.2) is 51.7 Å². The summed E-state index contributed by atoms with van der Waals surface area (Å²) in [5.74, 6) is 1.06. The minimum atomic E-state index is -0.318. The lowest BCUT2D eigenvalue weighted by atomic mass is 10.1. The van der Waals surface area contributed by atoms with Crippen molar-refractivity contribution in [1.29, 1.82) is 0 Å². The number of amides is 1. The summed E-state index contributed by atoms with van der Waals surface area (Å²) >= 11 is 3.41. The van der Waals surface area contributed by atoms with Gasteiger partial charge in [-0.3, -0.25) is 9.59 Å². The molecule has 0 fully saturated rings. The number of benzene rings is 2. The van der Waals surface area contributed by atoms with Crippen LogP contribution in [0, 0.1) is 0 Å². The van der Waals surface area contributed by atoms with E-state index in [0.717, 1.165) is 10.0 Å². The molecular weight excluding hydrogens is 412 g/mol. The number of fused-ring (bicyclic) bond motifs is 2. The summed E-state index contributed by atoms with van der Waals surface area (Å²) in [7, 11) is 0. The second kappa shape index (κ2) is 7.08. The minimum Gasteiger partial charge on any atom is -0.486 e. The number of carbonyl (C=O) groups excluding carboxylic acids is 1. The van der Waals surface area contributed by atoms with E-state index in [2.05, 4.69) is 26.2 Å². The molecule has 0 aliphatic carbocycles. The van der Waals surface area contributed by atoms with Crippen LogP contribution in [0.3, 0.4) is 0 Å². The van der Waals surface area contributed by atoms with Crippen LogP contribution in [0.2, 0.25) is 0 Å². The lowest BCUT2D eigenvalue weighted by molar-refractivity contribution is 0.0941. The SMILES string of the molecule is C[C@H](NC(=O)c1cc(=O)[nH]c2ccc(Br)cc12)c1ccc2c(c1)OCCO2. The fourth-order valence-corrected chi connectivity index (χ4v) is 3.46. The number of pyridine rings is 1. The fraction of sp³-hybridized carbons (Fsp3) is 0.200. The summed E-state index contributed by atoms with van der Waals surface area (Å²) in [4.78, 5) is 27.5. The van der Waals surface area contributed by atoms with Crippen molar-refractivity contribution < 1.29 is 14.3 Å². The van der Waals surface area contributed by atoms with E-state index in [1.165, 1.54) is 6.07 Å². The highest BCUT2D eigenvalue weighted by Gasteiger charge is 2.18. The van der Waals surface area contributed by atoms with Gasteiger partial charge in [-0.2, -0.15) is 0 Å². The van der Waals surface area contributed by atoms with Crippen LogP contribution in [-0.2, 0) is 0 Å². The Balaban J connectivity index is 1.63. The molecule has 0 spiro atoms. The highest BCUT2D eigenvalue weighted by molar-refractivity contribution is 9.10. The number of hydrogen-bond donors (Lipinski definition) is 2. The molecule has 1 aromatic heterocycles. The monoisotopic (exact) mass is 428 g/mol. The molecule has 4 rings (SSSR count). The van der Waals surface area contributed by atoms with Crippen LogP contribution in [0.4, 0.5) is 0 Å². The lowest BCUT2D eigenvalue weighted by Gasteiger charge is -2.21. The number of halogens is 1. The second-order valence-electron chi connectivity index (χ2n) is 6.34. The van der Waals surface area contributed by atoms with Crippen LogP contribution in [0.1, 0.15) is 28.9 Å². The van der Waals surface area contributed by atoms with E-state index in [0.29, 0.717) is 41.2 Å². The van der Waals surface area contributed by atoms with Gasteiger partial charge in [0.05, 0.1) is 11.6 Å². The number of rotatable bonds is 3. The average Bonchev–Trinajstić information content (AvgIpc) is 2.67.